The van der Waals surface area contributed by atoms with Crippen LogP contribution >= 0.6 is 0 Å². The molecule has 0 bridgehead atoms. The number of likely N-dealkylation sites (N-methyl/N-ethyl adjacent to an activating group) is 1. The molecule has 0 aromatic heterocycles. The highest BCUT2D eigenvalue weighted by Gasteiger charge is 2.22. The highest BCUT2D eigenvalue weighted by atomic mass is 32.2. The molecule has 0 saturated carbocycles. The van der Waals surface area contributed by atoms with E-state index in [0.717, 1.165) is 19.6 Å². The van der Waals surface area contributed by atoms with Gasteiger partial charge in [-0.2, -0.15) is 0 Å². The first-order valence-electron chi connectivity index (χ1n) is 6.16. The van der Waals surface area contributed by atoms with Crippen molar-refractivity contribution in [1.29, 1.82) is 0 Å². The van der Waals surface area contributed by atoms with Gasteiger partial charge in [-0.15, -0.1) is 0 Å². The third kappa shape index (κ3) is 4.91. The van der Waals surface area contributed by atoms with E-state index in [1.54, 1.807) is 13.8 Å². The van der Waals surface area contributed by atoms with Crippen molar-refractivity contribution < 1.29 is 13.2 Å². The van der Waals surface area contributed by atoms with Crippen molar-refractivity contribution in [3.8, 4) is 0 Å². The van der Waals surface area contributed by atoms with Crippen molar-refractivity contribution in [1.82, 2.24) is 10.2 Å². The molecule has 0 aromatic carbocycles. The molecule has 1 heterocycles. The van der Waals surface area contributed by atoms with Gasteiger partial charge in [-0.3, -0.25) is 4.90 Å². The molecule has 102 valence electrons. The second kappa shape index (κ2) is 6.68. The number of rotatable bonds is 6. The van der Waals surface area contributed by atoms with Gasteiger partial charge >= 0.3 is 0 Å². The van der Waals surface area contributed by atoms with Gasteiger partial charge in [-0.05, 0) is 20.9 Å². The molecule has 0 spiro atoms. The Labute approximate surface area is 104 Å². The molecule has 1 N–H and O–H groups in total. The van der Waals surface area contributed by atoms with E-state index in [4.69, 9.17) is 4.74 Å². The minimum absolute atomic E-state index is 0.176. The van der Waals surface area contributed by atoms with Crippen LogP contribution in [0.1, 0.15) is 13.8 Å². The predicted molar refractivity (Wildman–Crippen MR) is 69.0 cm³/mol. The van der Waals surface area contributed by atoms with E-state index in [1.165, 1.54) is 0 Å². The van der Waals surface area contributed by atoms with Crippen LogP contribution in [0.4, 0.5) is 0 Å². The normalized spacial score (nSPS) is 23.2. The van der Waals surface area contributed by atoms with Crippen LogP contribution in [0.3, 0.4) is 0 Å². The highest BCUT2D eigenvalue weighted by Crippen LogP contribution is 2.07. The minimum Gasteiger partial charge on any atom is -0.374 e. The summed E-state index contributed by atoms with van der Waals surface area (Å²) in [5.41, 5.74) is 0. The van der Waals surface area contributed by atoms with Crippen molar-refractivity contribution in [2.24, 2.45) is 0 Å². The van der Waals surface area contributed by atoms with E-state index in [2.05, 4.69) is 10.2 Å². The van der Waals surface area contributed by atoms with Gasteiger partial charge < -0.3 is 10.1 Å². The van der Waals surface area contributed by atoms with Gasteiger partial charge in [-0.1, -0.05) is 0 Å². The fraction of sp³-hybridized carbons (Fsp3) is 1.00. The third-order valence-electron chi connectivity index (χ3n) is 3.06. The Kier molecular flexibility index (Phi) is 5.85. The monoisotopic (exact) mass is 264 g/mol. The molecule has 1 unspecified atom stereocenters. The van der Waals surface area contributed by atoms with Gasteiger partial charge in [0.05, 0.1) is 23.7 Å². The molecule has 17 heavy (non-hydrogen) atoms. The summed E-state index contributed by atoms with van der Waals surface area (Å²) in [6, 6.07) is 0. The summed E-state index contributed by atoms with van der Waals surface area (Å²) in [6.07, 6.45) is 0.176. The lowest BCUT2D eigenvalue weighted by Gasteiger charge is -2.32. The molecule has 1 aliphatic heterocycles. The van der Waals surface area contributed by atoms with Gasteiger partial charge in [0.25, 0.3) is 0 Å². The number of nitrogens with one attached hydrogen (secondary N) is 1. The Morgan fingerprint density at radius 1 is 1.47 bits per heavy atom. The zero-order valence-corrected chi connectivity index (χ0v) is 11.8. The minimum atomic E-state index is -2.93. The van der Waals surface area contributed by atoms with Crippen LogP contribution in [0.2, 0.25) is 0 Å². The summed E-state index contributed by atoms with van der Waals surface area (Å²) >= 11 is 0. The van der Waals surface area contributed by atoms with Crippen molar-refractivity contribution in [2.45, 2.75) is 25.2 Å². The maximum atomic E-state index is 11.7. The lowest BCUT2D eigenvalue weighted by Crippen LogP contribution is -2.47. The molecule has 0 aromatic rings. The van der Waals surface area contributed by atoms with Crippen LogP contribution in [0.15, 0.2) is 0 Å². The smallest absolute Gasteiger partial charge is 0.153 e. The van der Waals surface area contributed by atoms with Gasteiger partial charge in [0, 0.05) is 26.2 Å². The second-order valence-electron chi connectivity index (χ2n) is 4.77. The molecular weight excluding hydrogens is 240 g/mol. The quantitative estimate of drug-likeness (QED) is 0.716. The SMILES string of the molecule is CNCC1CN(CCS(=O)(=O)C(C)C)CCO1. The first kappa shape index (κ1) is 14.9. The van der Waals surface area contributed by atoms with E-state index in [9.17, 15) is 8.42 Å². The molecule has 1 fully saturated rings. The van der Waals surface area contributed by atoms with E-state index >= 15 is 0 Å². The number of ether oxygens (including phenoxy) is 1. The first-order valence-corrected chi connectivity index (χ1v) is 7.87. The standard InChI is InChI=1S/C11H24N2O3S/c1-10(2)17(14,15)7-5-13-4-6-16-11(9-13)8-12-3/h10-12H,4-9H2,1-3H3. The maximum absolute atomic E-state index is 11.7. The number of hydrogen-bond acceptors (Lipinski definition) is 5. The Morgan fingerprint density at radius 3 is 2.76 bits per heavy atom. The largest absolute Gasteiger partial charge is 0.374 e. The van der Waals surface area contributed by atoms with E-state index in [0.29, 0.717) is 13.2 Å². The molecule has 1 saturated heterocycles. The fourth-order valence-electron chi connectivity index (χ4n) is 1.83. The number of nitrogens with zero attached hydrogens (tertiary/aromatic N) is 1. The lowest BCUT2D eigenvalue weighted by molar-refractivity contribution is -0.0241. The summed E-state index contributed by atoms with van der Waals surface area (Å²) < 4.78 is 29.0. The summed E-state index contributed by atoms with van der Waals surface area (Å²) in [7, 11) is -1.03. The van der Waals surface area contributed by atoms with E-state index in [-0.39, 0.29) is 17.1 Å². The third-order valence-corrected chi connectivity index (χ3v) is 5.25. The van der Waals surface area contributed by atoms with E-state index < -0.39 is 9.84 Å². The fourth-order valence-corrected chi connectivity index (χ4v) is 2.81. The molecule has 5 nitrogen and oxygen atoms in total. The molecule has 1 atom stereocenters. The Bertz CT molecular complexity index is 315. The predicted octanol–water partition coefficient (Wildman–Crippen LogP) is -0.270. The summed E-state index contributed by atoms with van der Waals surface area (Å²) in [6.45, 7) is 7.23. The molecular formula is C11H24N2O3S. The average Bonchev–Trinajstić information content (AvgIpc) is 2.27. The van der Waals surface area contributed by atoms with Crippen LogP contribution in [0.5, 0.6) is 0 Å². The molecule has 6 heteroatoms. The van der Waals surface area contributed by atoms with Crippen molar-refractivity contribution in [2.75, 3.05) is 45.6 Å². The molecule has 0 amide bonds. The molecule has 0 radical (unpaired) electrons. The number of sulfone groups is 1. The van der Waals surface area contributed by atoms with Crippen LogP contribution in [-0.2, 0) is 14.6 Å². The van der Waals surface area contributed by atoms with E-state index in [1.807, 2.05) is 7.05 Å². The Balaban J connectivity index is 2.37. The Hall–Kier alpha value is -0.170. The van der Waals surface area contributed by atoms with Crippen molar-refractivity contribution in [3.05, 3.63) is 0 Å². The molecule has 0 aliphatic carbocycles. The summed E-state index contributed by atoms with van der Waals surface area (Å²) in [4.78, 5) is 2.17. The number of hydrogen-bond donors (Lipinski definition) is 1. The summed E-state index contributed by atoms with van der Waals surface area (Å²) in [5, 5.41) is 2.80. The van der Waals surface area contributed by atoms with Crippen LogP contribution in [-0.4, -0.2) is 70.3 Å². The first-order chi connectivity index (χ1) is 7.95. The highest BCUT2D eigenvalue weighted by molar-refractivity contribution is 7.92. The summed E-state index contributed by atoms with van der Waals surface area (Å²) in [5.74, 6) is 0.247. The average molecular weight is 264 g/mol. The molecule has 1 aliphatic rings. The number of morpholine rings is 1. The van der Waals surface area contributed by atoms with Crippen LogP contribution < -0.4 is 5.32 Å². The van der Waals surface area contributed by atoms with Gasteiger partial charge in [-0.25, -0.2) is 8.42 Å². The molecule has 1 rings (SSSR count). The van der Waals surface area contributed by atoms with Crippen molar-refractivity contribution >= 4 is 9.84 Å². The van der Waals surface area contributed by atoms with Crippen molar-refractivity contribution in [3.63, 3.8) is 0 Å². The zero-order valence-electron chi connectivity index (χ0n) is 11.0. The van der Waals surface area contributed by atoms with Crippen LogP contribution in [0.25, 0.3) is 0 Å². The van der Waals surface area contributed by atoms with Crippen LogP contribution in [0, 0.1) is 0 Å². The topological polar surface area (TPSA) is 58.6 Å². The lowest BCUT2D eigenvalue weighted by atomic mass is 10.2. The van der Waals surface area contributed by atoms with Gasteiger partial charge in [0.15, 0.2) is 9.84 Å². The zero-order chi connectivity index (χ0) is 12.9. The second-order valence-corrected chi connectivity index (χ2v) is 7.44. The Morgan fingerprint density at radius 2 is 2.18 bits per heavy atom. The van der Waals surface area contributed by atoms with Gasteiger partial charge in [0.2, 0.25) is 0 Å². The van der Waals surface area contributed by atoms with Gasteiger partial charge in [0.1, 0.15) is 0 Å². The maximum Gasteiger partial charge on any atom is 0.153 e.